The molecule has 3 aromatic carbocycles. The monoisotopic (exact) mass is 410 g/mol. The smallest absolute Gasteiger partial charge is 0.231 e. The van der Waals surface area contributed by atoms with E-state index in [0.29, 0.717) is 17.2 Å². The Labute approximate surface area is 180 Å². The van der Waals surface area contributed by atoms with Crippen LogP contribution in [0.15, 0.2) is 54.6 Å². The summed E-state index contributed by atoms with van der Waals surface area (Å²) in [5.74, 6) is 2.00. The largest absolute Gasteiger partial charge is 0.493 e. The molecule has 0 fully saturated rings. The lowest BCUT2D eigenvalue weighted by Gasteiger charge is -2.14. The molecule has 1 aromatic heterocycles. The first-order chi connectivity index (χ1) is 15.2. The minimum absolute atomic E-state index is 0.207. The minimum Gasteiger partial charge on any atom is -0.493 e. The van der Waals surface area contributed by atoms with Gasteiger partial charge >= 0.3 is 0 Å². The number of methoxy groups -OCH3 is 1. The lowest BCUT2D eigenvalue weighted by Crippen LogP contribution is -1.96. The molecule has 2 aliphatic rings. The molecule has 0 bridgehead atoms. The number of fused-ring (bicyclic) bond motifs is 4. The third kappa shape index (κ3) is 2.96. The van der Waals surface area contributed by atoms with Crippen LogP contribution in [0.1, 0.15) is 16.7 Å². The van der Waals surface area contributed by atoms with Crippen LogP contribution in [-0.4, -0.2) is 18.9 Å². The van der Waals surface area contributed by atoms with Crippen molar-refractivity contribution in [1.29, 1.82) is 0 Å². The van der Waals surface area contributed by atoms with E-state index in [0.717, 1.165) is 35.3 Å². The fraction of sp³-hybridized carbons (Fsp3) is 0.192. The summed E-state index contributed by atoms with van der Waals surface area (Å²) < 4.78 is 16.7. The lowest BCUT2D eigenvalue weighted by molar-refractivity contribution is 0.171. The molecule has 3 heterocycles. The zero-order chi connectivity index (χ0) is 20.9. The van der Waals surface area contributed by atoms with Crippen LogP contribution in [0.4, 0.5) is 11.4 Å². The Bertz CT molecular complexity index is 1350. The molecule has 0 saturated heterocycles. The van der Waals surface area contributed by atoms with E-state index in [2.05, 4.69) is 54.7 Å². The fourth-order valence-corrected chi connectivity index (χ4v) is 4.51. The topological polar surface area (TPSA) is 52.6 Å². The van der Waals surface area contributed by atoms with Gasteiger partial charge in [-0.25, -0.2) is 4.98 Å². The van der Waals surface area contributed by atoms with Crippen molar-refractivity contribution in [3.63, 3.8) is 0 Å². The summed E-state index contributed by atoms with van der Waals surface area (Å²) in [6, 6.07) is 19.0. The fourth-order valence-electron chi connectivity index (χ4n) is 4.51. The zero-order valence-electron chi connectivity index (χ0n) is 17.5. The molecule has 0 radical (unpaired) electrons. The van der Waals surface area contributed by atoms with Crippen molar-refractivity contribution in [3.05, 3.63) is 71.3 Å². The van der Waals surface area contributed by atoms with Crippen LogP contribution in [-0.2, 0) is 12.8 Å². The number of rotatable bonds is 2. The lowest BCUT2D eigenvalue weighted by atomic mass is 9.99. The Hall–Kier alpha value is -3.73. The number of anilines is 2. The first-order valence-corrected chi connectivity index (χ1v) is 10.5. The highest BCUT2D eigenvalue weighted by atomic mass is 16.7. The van der Waals surface area contributed by atoms with Crippen molar-refractivity contribution in [1.82, 2.24) is 4.98 Å². The number of nitrogens with zero attached hydrogens (tertiary/aromatic N) is 1. The van der Waals surface area contributed by atoms with E-state index in [-0.39, 0.29) is 6.79 Å². The summed E-state index contributed by atoms with van der Waals surface area (Å²) in [6.45, 7) is 2.35. The second-order valence-corrected chi connectivity index (χ2v) is 8.05. The third-order valence-corrected chi connectivity index (χ3v) is 6.15. The van der Waals surface area contributed by atoms with Gasteiger partial charge in [-0.05, 0) is 72.9 Å². The van der Waals surface area contributed by atoms with Gasteiger partial charge in [0.2, 0.25) is 12.5 Å². The number of nitrogens with one attached hydrogen (secondary N) is 1. The first-order valence-electron chi connectivity index (χ1n) is 10.5. The third-order valence-electron chi connectivity index (χ3n) is 6.15. The Balaban J connectivity index is 1.49. The van der Waals surface area contributed by atoms with Gasteiger partial charge in [0.1, 0.15) is 0 Å². The van der Waals surface area contributed by atoms with Gasteiger partial charge in [-0.3, -0.25) is 0 Å². The summed E-state index contributed by atoms with van der Waals surface area (Å²) in [7, 11) is 1.64. The van der Waals surface area contributed by atoms with E-state index in [1.165, 1.54) is 27.8 Å². The maximum Gasteiger partial charge on any atom is 0.231 e. The second kappa shape index (κ2) is 6.91. The average Bonchev–Trinajstić information content (AvgIpc) is 3.19. The summed E-state index contributed by atoms with van der Waals surface area (Å²) in [6.07, 6.45) is 2.04. The number of ether oxygens (including phenoxy) is 3. The van der Waals surface area contributed by atoms with E-state index < -0.39 is 0 Å². The number of para-hydroxylation sites is 1. The zero-order valence-corrected chi connectivity index (χ0v) is 17.5. The molecular formula is C26H22N2O3. The molecule has 0 saturated carbocycles. The van der Waals surface area contributed by atoms with Gasteiger partial charge in [-0.1, -0.05) is 18.2 Å². The molecule has 0 aliphatic carbocycles. The molecular weight excluding hydrogens is 388 g/mol. The maximum absolute atomic E-state index is 5.60. The van der Waals surface area contributed by atoms with Crippen LogP contribution in [0.25, 0.3) is 22.2 Å². The molecule has 0 spiro atoms. The first kappa shape index (κ1) is 18.1. The average molecular weight is 410 g/mol. The summed E-state index contributed by atoms with van der Waals surface area (Å²) >= 11 is 0. The standard InChI is InChI=1S/C26H22N2O3/c1-15-9-21(18-11-24(29-2)26-25(12-18)30-14-31-26)28-23-13-22-17(10-19(15)23)8-7-16-5-3-4-6-20(16)27-22/h3-6,9-13,27H,7-8,14H2,1-2H3. The highest BCUT2D eigenvalue weighted by Crippen LogP contribution is 2.44. The summed E-state index contributed by atoms with van der Waals surface area (Å²) in [4.78, 5) is 5.01. The minimum atomic E-state index is 0.207. The van der Waals surface area contributed by atoms with Gasteiger partial charge < -0.3 is 19.5 Å². The predicted octanol–water partition coefficient (Wildman–Crippen LogP) is 5.79. The predicted molar refractivity (Wildman–Crippen MR) is 122 cm³/mol. The van der Waals surface area contributed by atoms with E-state index >= 15 is 0 Å². The van der Waals surface area contributed by atoms with Crippen molar-refractivity contribution in [3.8, 4) is 28.5 Å². The number of hydrogen-bond acceptors (Lipinski definition) is 5. The second-order valence-electron chi connectivity index (χ2n) is 8.05. The Morgan fingerprint density at radius 2 is 1.81 bits per heavy atom. The molecule has 0 atom stereocenters. The number of pyridine rings is 1. The van der Waals surface area contributed by atoms with Crippen LogP contribution in [0.3, 0.4) is 0 Å². The van der Waals surface area contributed by atoms with Crippen molar-refractivity contribution >= 4 is 22.3 Å². The van der Waals surface area contributed by atoms with Gasteiger partial charge in [0.15, 0.2) is 11.5 Å². The highest BCUT2D eigenvalue weighted by Gasteiger charge is 2.22. The molecule has 0 unspecified atom stereocenters. The maximum atomic E-state index is 5.60. The van der Waals surface area contributed by atoms with Gasteiger partial charge in [0.25, 0.3) is 0 Å². The molecule has 31 heavy (non-hydrogen) atoms. The number of benzene rings is 3. The van der Waals surface area contributed by atoms with E-state index in [9.17, 15) is 0 Å². The van der Waals surface area contributed by atoms with E-state index in [1.807, 2.05) is 12.1 Å². The molecule has 5 heteroatoms. The summed E-state index contributed by atoms with van der Waals surface area (Å²) in [5.41, 5.74) is 8.97. The number of hydrogen-bond donors (Lipinski definition) is 1. The molecule has 5 nitrogen and oxygen atoms in total. The van der Waals surface area contributed by atoms with Crippen molar-refractivity contribution in [2.45, 2.75) is 19.8 Å². The van der Waals surface area contributed by atoms with Gasteiger partial charge in [0.05, 0.1) is 18.3 Å². The normalized spacial score (nSPS) is 13.9. The Morgan fingerprint density at radius 1 is 0.935 bits per heavy atom. The molecule has 2 aliphatic heterocycles. The SMILES string of the molecule is COc1cc(-c2cc(C)c3cc4c(cc3n2)Nc2ccccc2CC4)cc2c1OCO2. The summed E-state index contributed by atoms with van der Waals surface area (Å²) in [5, 5.41) is 4.81. The molecule has 0 amide bonds. The molecule has 6 rings (SSSR count). The van der Waals surface area contributed by atoms with Gasteiger partial charge in [0, 0.05) is 22.3 Å². The molecule has 1 N–H and O–H groups in total. The molecule has 4 aromatic rings. The Kier molecular flexibility index (Phi) is 4.03. The van der Waals surface area contributed by atoms with Crippen LogP contribution in [0, 0.1) is 6.92 Å². The van der Waals surface area contributed by atoms with Crippen LogP contribution >= 0.6 is 0 Å². The van der Waals surface area contributed by atoms with E-state index in [1.54, 1.807) is 7.11 Å². The Morgan fingerprint density at radius 3 is 2.71 bits per heavy atom. The van der Waals surface area contributed by atoms with E-state index in [4.69, 9.17) is 19.2 Å². The number of aryl methyl sites for hydroxylation is 3. The number of aromatic nitrogens is 1. The van der Waals surface area contributed by atoms with Crippen LogP contribution in [0.2, 0.25) is 0 Å². The van der Waals surface area contributed by atoms with Gasteiger partial charge in [-0.2, -0.15) is 0 Å². The van der Waals surface area contributed by atoms with Crippen molar-refractivity contribution in [2.24, 2.45) is 0 Å². The van der Waals surface area contributed by atoms with Crippen LogP contribution < -0.4 is 19.5 Å². The van der Waals surface area contributed by atoms with Crippen molar-refractivity contribution < 1.29 is 14.2 Å². The van der Waals surface area contributed by atoms with Crippen LogP contribution in [0.5, 0.6) is 17.2 Å². The molecule has 154 valence electrons. The van der Waals surface area contributed by atoms with Crippen molar-refractivity contribution in [2.75, 3.05) is 19.2 Å². The quantitative estimate of drug-likeness (QED) is 0.453. The highest BCUT2D eigenvalue weighted by molar-refractivity contribution is 5.90. The van der Waals surface area contributed by atoms with Gasteiger partial charge in [-0.15, -0.1) is 0 Å².